The molecular formula is C14H18N6O. The van der Waals surface area contributed by atoms with Crippen molar-refractivity contribution in [2.75, 3.05) is 36.8 Å². The Balaban J connectivity index is 1.68. The highest BCUT2D eigenvalue weighted by Gasteiger charge is 2.34. The van der Waals surface area contributed by atoms with Crippen LogP contribution in [-0.2, 0) is 4.79 Å². The second-order valence-corrected chi connectivity index (χ2v) is 5.52. The van der Waals surface area contributed by atoms with Crippen LogP contribution < -0.4 is 10.6 Å². The fraction of sp³-hybridized carbons (Fsp3) is 0.571. The maximum atomic E-state index is 12.1. The van der Waals surface area contributed by atoms with Gasteiger partial charge in [-0.1, -0.05) is 0 Å². The van der Waals surface area contributed by atoms with E-state index in [9.17, 15) is 4.79 Å². The zero-order valence-corrected chi connectivity index (χ0v) is 11.8. The van der Waals surface area contributed by atoms with Gasteiger partial charge in [0.15, 0.2) is 0 Å². The molecule has 21 heavy (non-hydrogen) atoms. The number of hydrogen-bond donors (Lipinski definition) is 1. The molecule has 0 atom stereocenters. The van der Waals surface area contributed by atoms with Crippen LogP contribution in [0, 0.1) is 17.2 Å². The number of nitrogens with two attached hydrogens (primary N) is 1. The van der Waals surface area contributed by atoms with Gasteiger partial charge < -0.3 is 15.5 Å². The summed E-state index contributed by atoms with van der Waals surface area (Å²) in [6.45, 7) is 2.97. The topological polar surface area (TPSA) is 99.1 Å². The molecule has 2 heterocycles. The van der Waals surface area contributed by atoms with Crippen LogP contribution in [0.5, 0.6) is 0 Å². The van der Waals surface area contributed by atoms with Crippen LogP contribution in [0.1, 0.15) is 24.8 Å². The first kappa shape index (κ1) is 13.6. The second kappa shape index (κ2) is 5.56. The van der Waals surface area contributed by atoms with Gasteiger partial charge in [0, 0.05) is 32.1 Å². The molecule has 0 radical (unpaired) electrons. The molecule has 1 aliphatic heterocycles. The van der Waals surface area contributed by atoms with Crippen molar-refractivity contribution in [3.05, 3.63) is 11.8 Å². The molecule has 0 spiro atoms. The Bertz CT molecular complexity index is 592. The molecule has 1 saturated carbocycles. The normalized spacial score (nSPS) is 19.0. The van der Waals surface area contributed by atoms with Crippen LogP contribution in [0.4, 0.5) is 11.8 Å². The first-order valence-electron chi connectivity index (χ1n) is 7.25. The predicted octanol–water partition coefficient (Wildman–Crippen LogP) is 0.379. The summed E-state index contributed by atoms with van der Waals surface area (Å²) in [5.41, 5.74) is 6.03. The number of rotatable bonds is 2. The van der Waals surface area contributed by atoms with Crippen molar-refractivity contribution >= 4 is 17.7 Å². The van der Waals surface area contributed by atoms with E-state index in [0.717, 1.165) is 32.4 Å². The number of nitrogens with zero attached hydrogens (tertiary/aromatic N) is 5. The van der Waals surface area contributed by atoms with Gasteiger partial charge in [0.2, 0.25) is 11.9 Å². The molecule has 3 rings (SSSR count). The highest BCUT2D eigenvalue weighted by molar-refractivity contribution is 5.81. The number of anilines is 2. The number of carbonyl (C=O) groups is 1. The summed E-state index contributed by atoms with van der Waals surface area (Å²) in [7, 11) is 0. The van der Waals surface area contributed by atoms with Gasteiger partial charge in [0.05, 0.1) is 6.20 Å². The smallest absolute Gasteiger partial charge is 0.227 e. The van der Waals surface area contributed by atoms with E-state index in [1.807, 2.05) is 15.9 Å². The van der Waals surface area contributed by atoms with E-state index in [2.05, 4.69) is 9.97 Å². The van der Waals surface area contributed by atoms with E-state index in [1.165, 1.54) is 6.20 Å². The molecule has 7 nitrogen and oxygen atoms in total. The SMILES string of the molecule is N#Cc1cnc(N2CCCN(C(=O)C3CC3)CC2)nc1N. The van der Waals surface area contributed by atoms with Crippen LogP contribution in [0.25, 0.3) is 0 Å². The fourth-order valence-electron chi connectivity index (χ4n) is 2.55. The number of carbonyl (C=O) groups excluding carboxylic acids is 1. The molecular weight excluding hydrogens is 268 g/mol. The number of nitrogen functional groups attached to an aromatic ring is 1. The molecule has 2 fully saturated rings. The van der Waals surface area contributed by atoms with Gasteiger partial charge in [0.25, 0.3) is 0 Å². The molecule has 1 aromatic heterocycles. The van der Waals surface area contributed by atoms with Gasteiger partial charge in [-0.2, -0.15) is 10.2 Å². The van der Waals surface area contributed by atoms with Gasteiger partial charge in [-0.25, -0.2) is 4.98 Å². The number of nitriles is 1. The van der Waals surface area contributed by atoms with Gasteiger partial charge in [-0.15, -0.1) is 0 Å². The second-order valence-electron chi connectivity index (χ2n) is 5.52. The molecule has 1 aliphatic carbocycles. The summed E-state index contributed by atoms with van der Waals surface area (Å²) in [5.74, 6) is 1.29. The molecule has 2 N–H and O–H groups in total. The highest BCUT2D eigenvalue weighted by Crippen LogP contribution is 2.31. The molecule has 2 aliphatic rings. The third kappa shape index (κ3) is 2.89. The lowest BCUT2D eigenvalue weighted by Gasteiger charge is -2.22. The number of aromatic nitrogens is 2. The van der Waals surface area contributed by atoms with Crippen molar-refractivity contribution in [3.63, 3.8) is 0 Å². The first-order valence-corrected chi connectivity index (χ1v) is 7.25. The van der Waals surface area contributed by atoms with Crippen LogP contribution in [0.2, 0.25) is 0 Å². The lowest BCUT2D eigenvalue weighted by atomic mass is 10.3. The fourth-order valence-corrected chi connectivity index (χ4v) is 2.55. The Morgan fingerprint density at radius 1 is 1.33 bits per heavy atom. The van der Waals surface area contributed by atoms with Gasteiger partial charge in [0.1, 0.15) is 17.5 Å². The Morgan fingerprint density at radius 3 is 2.81 bits per heavy atom. The molecule has 7 heteroatoms. The van der Waals surface area contributed by atoms with E-state index < -0.39 is 0 Å². The Hall–Kier alpha value is -2.36. The zero-order chi connectivity index (χ0) is 14.8. The Kier molecular flexibility index (Phi) is 3.60. The average Bonchev–Trinajstić information content (AvgIpc) is 3.33. The van der Waals surface area contributed by atoms with Gasteiger partial charge in [-0.3, -0.25) is 4.79 Å². The van der Waals surface area contributed by atoms with Crippen molar-refractivity contribution in [1.82, 2.24) is 14.9 Å². The molecule has 1 aromatic rings. The van der Waals surface area contributed by atoms with E-state index in [0.29, 0.717) is 24.6 Å². The standard InChI is InChI=1S/C14H18N6O/c15-8-11-9-17-14(18-12(11)16)20-5-1-4-19(6-7-20)13(21)10-2-3-10/h9-10H,1-7H2,(H2,16,17,18). The highest BCUT2D eigenvalue weighted by atomic mass is 16.2. The van der Waals surface area contributed by atoms with Gasteiger partial charge in [-0.05, 0) is 19.3 Å². The first-order chi connectivity index (χ1) is 10.2. The zero-order valence-electron chi connectivity index (χ0n) is 11.8. The van der Waals surface area contributed by atoms with Crippen molar-refractivity contribution in [1.29, 1.82) is 5.26 Å². The van der Waals surface area contributed by atoms with Crippen molar-refractivity contribution in [3.8, 4) is 6.07 Å². The van der Waals surface area contributed by atoms with Crippen LogP contribution in [-0.4, -0.2) is 47.0 Å². The van der Waals surface area contributed by atoms with Crippen molar-refractivity contribution < 1.29 is 4.79 Å². The number of amides is 1. The Morgan fingerprint density at radius 2 is 2.14 bits per heavy atom. The minimum Gasteiger partial charge on any atom is -0.382 e. The molecule has 0 aromatic carbocycles. The van der Waals surface area contributed by atoms with Gasteiger partial charge >= 0.3 is 0 Å². The third-order valence-corrected chi connectivity index (χ3v) is 3.94. The lowest BCUT2D eigenvalue weighted by molar-refractivity contribution is -0.132. The summed E-state index contributed by atoms with van der Waals surface area (Å²) < 4.78 is 0. The number of hydrogen-bond acceptors (Lipinski definition) is 6. The van der Waals surface area contributed by atoms with Crippen LogP contribution >= 0.6 is 0 Å². The summed E-state index contributed by atoms with van der Waals surface area (Å²) in [6, 6.07) is 1.96. The van der Waals surface area contributed by atoms with E-state index in [1.54, 1.807) is 0 Å². The third-order valence-electron chi connectivity index (χ3n) is 3.94. The van der Waals surface area contributed by atoms with Crippen molar-refractivity contribution in [2.45, 2.75) is 19.3 Å². The minimum absolute atomic E-state index is 0.206. The molecule has 0 bridgehead atoms. The van der Waals surface area contributed by atoms with E-state index >= 15 is 0 Å². The molecule has 110 valence electrons. The monoisotopic (exact) mass is 286 g/mol. The van der Waals surface area contributed by atoms with E-state index in [-0.39, 0.29) is 17.6 Å². The predicted molar refractivity (Wildman–Crippen MR) is 77.3 cm³/mol. The molecule has 1 amide bonds. The van der Waals surface area contributed by atoms with Crippen LogP contribution in [0.3, 0.4) is 0 Å². The summed E-state index contributed by atoms with van der Waals surface area (Å²) in [5, 5.41) is 8.85. The maximum absolute atomic E-state index is 12.1. The summed E-state index contributed by atoms with van der Waals surface area (Å²) in [6.07, 6.45) is 4.42. The minimum atomic E-state index is 0.206. The average molecular weight is 286 g/mol. The maximum Gasteiger partial charge on any atom is 0.227 e. The quantitative estimate of drug-likeness (QED) is 0.843. The van der Waals surface area contributed by atoms with Crippen LogP contribution in [0.15, 0.2) is 6.20 Å². The summed E-state index contributed by atoms with van der Waals surface area (Å²) in [4.78, 5) is 24.5. The lowest BCUT2D eigenvalue weighted by Crippen LogP contribution is -2.36. The Labute approximate surface area is 123 Å². The van der Waals surface area contributed by atoms with Crippen molar-refractivity contribution in [2.24, 2.45) is 5.92 Å². The summed E-state index contributed by atoms with van der Waals surface area (Å²) >= 11 is 0. The molecule has 1 saturated heterocycles. The van der Waals surface area contributed by atoms with E-state index in [4.69, 9.17) is 11.0 Å². The molecule has 0 unspecified atom stereocenters. The largest absolute Gasteiger partial charge is 0.382 e.